The number of nitrogens with one attached hydrogen (secondary N) is 1. The average molecular weight is 478 g/mol. The van der Waals surface area contributed by atoms with Gasteiger partial charge in [-0.2, -0.15) is 36.0 Å². The molecule has 168 valence electrons. The Kier molecular flexibility index (Phi) is 6.00. The SMILES string of the molecule is Cl.Fc1cc(C(F)(F)F)ccc1Nc1cnc2cc(-c3ncccc3C(F)(F)F)cnn12. The summed E-state index contributed by atoms with van der Waals surface area (Å²) in [5, 5.41) is 6.57. The maximum Gasteiger partial charge on any atom is 0.418 e. The Morgan fingerprint density at radius 2 is 1.62 bits per heavy atom. The highest BCUT2D eigenvalue weighted by molar-refractivity contribution is 5.85. The maximum absolute atomic E-state index is 14.1. The largest absolute Gasteiger partial charge is 0.418 e. The number of aromatic nitrogens is 4. The van der Waals surface area contributed by atoms with Crippen LogP contribution in [0.4, 0.5) is 42.2 Å². The van der Waals surface area contributed by atoms with Crippen molar-refractivity contribution in [1.82, 2.24) is 19.6 Å². The highest BCUT2D eigenvalue weighted by Gasteiger charge is 2.34. The molecule has 3 aromatic heterocycles. The van der Waals surface area contributed by atoms with Crippen LogP contribution in [0.2, 0.25) is 0 Å². The second-order valence-corrected chi connectivity index (χ2v) is 6.37. The normalized spacial score (nSPS) is 12.0. The van der Waals surface area contributed by atoms with Crippen molar-refractivity contribution < 1.29 is 30.7 Å². The third-order valence-electron chi connectivity index (χ3n) is 4.31. The van der Waals surface area contributed by atoms with E-state index in [0.717, 1.165) is 28.9 Å². The molecule has 0 aliphatic rings. The van der Waals surface area contributed by atoms with Gasteiger partial charge in [-0.3, -0.25) is 4.98 Å². The number of halogens is 8. The summed E-state index contributed by atoms with van der Waals surface area (Å²) in [7, 11) is 0. The van der Waals surface area contributed by atoms with Crippen molar-refractivity contribution in [3.8, 4) is 11.3 Å². The van der Waals surface area contributed by atoms with Crippen molar-refractivity contribution in [2.24, 2.45) is 0 Å². The molecule has 0 amide bonds. The van der Waals surface area contributed by atoms with Gasteiger partial charge >= 0.3 is 12.4 Å². The number of hydrogen-bond acceptors (Lipinski definition) is 4. The Morgan fingerprint density at radius 3 is 2.28 bits per heavy atom. The molecule has 1 aromatic carbocycles. The number of hydrogen-bond donors (Lipinski definition) is 1. The lowest BCUT2D eigenvalue weighted by molar-refractivity contribution is -0.138. The minimum absolute atomic E-state index is 0. The topological polar surface area (TPSA) is 55.1 Å². The number of benzene rings is 1. The number of alkyl halides is 6. The molecule has 13 heteroatoms. The first-order chi connectivity index (χ1) is 14.5. The summed E-state index contributed by atoms with van der Waals surface area (Å²) in [5.74, 6) is -1.05. The van der Waals surface area contributed by atoms with Gasteiger partial charge in [0.2, 0.25) is 0 Å². The minimum atomic E-state index is -4.69. The molecular formula is C19H11ClF7N5. The van der Waals surface area contributed by atoms with E-state index in [2.05, 4.69) is 20.4 Å². The van der Waals surface area contributed by atoms with Crippen LogP contribution in [0, 0.1) is 5.82 Å². The van der Waals surface area contributed by atoms with Crippen molar-refractivity contribution in [3.63, 3.8) is 0 Å². The summed E-state index contributed by atoms with van der Waals surface area (Å²) in [4.78, 5) is 7.79. The van der Waals surface area contributed by atoms with Gasteiger partial charge in [0.05, 0.1) is 34.9 Å². The van der Waals surface area contributed by atoms with Gasteiger partial charge in [-0.05, 0) is 36.4 Å². The van der Waals surface area contributed by atoms with Crippen LogP contribution in [-0.2, 0) is 12.4 Å². The van der Waals surface area contributed by atoms with Gasteiger partial charge < -0.3 is 5.32 Å². The monoisotopic (exact) mass is 477 g/mol. The van der Waals surface area contributed by atoms with E-state index < -0.39 is 29.3 Å². The van der Waals surface area contributed by atoms with Crippen LogP contribution >= 0.6 is 12.4 Å². The van der Waals surface area contributed by atoms with E-state index in [0.29, 0.717) is 12.1 Å². The van der Waals surface area contributed by atoms with E-state index in [4.69, 9.17) is 0 Å². The molecule has 5 nitrogen and oxygen atoms in total. The number of imidazole rings is 1. The van der Waals surface area contributed by atoms with Gasteiger partial charge in [0.1, 0.15) is 5.82 Å². The summed E-state index contributed by atoms with van der Waals surface area (Å²) in [6, 6.07) is 5.32. The highest BCUT2D eigenvalue weighted by atomic mass is 35.5. The van der Waals surface area contributed by atoms with Gasteiger partial charge in [-0.1, -0.05) is 0 Å². The Bertz CT molecular complexity index is 1270. The molecule has 1 N–H and O–H groups in total. The van der Waals surface area contributed by atoms with Crippen LogP contribution in [0.1, 0.15) is 11.1 Å². The fourth-order valence-electron chi connectivity index (χ4n) is 2.89. The maximum atomic E-state index is 14.1. The first-order valence-corrected chi connectivity index (χ1v) is 8.54. The molecule has 0 unspecified atom stereocenters. The number of pyridine rings is 1. The first-order valence-electron chi connectivity index (χ1n) is 8.54. The summed E-state index contributed by atoms with van der Waals surface area (Å²) < 4.78 is 93.0. The number of anilines is 2. The van der Waals surface area contributed by atoms with E-state index in [1.807, 2.05) is 0 Å². The molecule has 0 spiro atoms. The fraction of sp³-hybridized carbons (Fsp3) is 0.105. The summed E-state index contributed by atoms with van der Waals surface area (Å²) in [6.45, 7) is 0. The van der Waals surface area contributed by atoms with Crippen LogP contribution in [0.25, 0.3) is 16.9 Å². The van der Waals surface area contributed by atoms with Crippen LogP contribution in [0.3, 0.4) is 0 Å². The second-order valence-electron chi connectivity index (χ2n) is 6.37. The van der Waals surface area contributed by atoms with Crippen molar-refractivity contribution in [1.29, 1.82) is 0 Å². The summed E-state index contributed by atoms with van der Waals surface area (Å²) in [6.07, 6.45) is -5.77. The van der Waals surface area contributed by atoms with Gasteiger partial charge in [0, 0.05) is 11.8 Å². The number of nitrogens with zero attached hydrogens (tertiary/aromatic N) is 4. The zero-order chi connectivity index (χ0) is 22.4. The molecule has 32 heavy (non-hydrogen) atoms. The van der Waals surface area contributed by atoms with Crippen molar-refractivity contribution in [3.05, 3.63) is 71.9 Å². The Morgan fingerprint density at radius 1 is 0.875 bits per heavy atom. The van der Waals surface area contributed by atoms with E-state index >= 15 is 0 Å². The molecule has 4 aromatic rings. The zero-order valence-electron chi connectivity index (χ0n) is 15.5. The Labute approximate surface area is 181 Å². The molecule has 0 bridgehead atoms. The number of rotatable bonds is 3. The van der Waals surface area contributed by atoms with Gasteiger partial charge in [0.25, 0.3) is 0 Å². The van der Waals surface area contributed by atoms with E-state index in [9.17, 15) is 30.7 Å². The average Bonchev–Trinajstić information content (AvgIpc) is 3.10. The minimum Gasteiger partial charge on any atom is -0.336 e. The van der Waals surface area contributed by atoms with Gasteiger partial charge in [-0.15, -0.1) is 12.4 Å². The second kappa shape index (κ2) is 8.26. The summed E-state index contributed by atoms with van der Waals surface area (Å²) >= 11 is 0. The molecule has 0 radical (unpaired) electrons. The Hall–Kier alpha value is -3.41. The molecule has 0 aliphatic carbocycles. The fourth-order valence-corrected chi connectivity index (χ4v) is 2.89. The van der Waals surface area contributed by atoms with E-state index in [-0.39, 0.29) is 40.8 Å². The standard InChI is InChI=1S/C19H10F7N5.ClH/c20-13-7-11(18(21,22)23)3-4-14(13)30-16-9-28-15-6-10(8-29-31(15)16)17-12(19(24,25)26)2-1-5-27-17;/h1-9,30H;1H. The van der Waals surface area contributed by atoms with Crippen LogP contribution in [-0.4, -0.2) is 19.6 Å². The lowest BCUT2D eigenvalue weighted by Gasteiger charge is -2.12. The van der Waals surface area contributed by atoms with E-state index in [1.54, 1.807) is 0 Å². The van der Waals surface area contributed by atoms with E-state index in [1.165, 1.54) is 18.5 Å². The molecule has 3 heterocycles. The van der Waals surface area contributed by atoms with Crippen molar-refractivity contribution in [2.75, 3.05) is 5.32 Å². The summed E-state index contributed by atoms with van der Waals surface area (Å²) in [5.41, 5.74) is -2.52. The molecule has 4 rings (SSSR count). The van der Waals surface area contributed by atoms with Crippen LogP contribution in [0.5, 0.6) is 0 Å². The van der Waals surface area contributed by atoms with Crippen LogP contribution in [0.15, 0.2) is 55.0 Å². The lowest BCUT2D eigenvalue weighted by Crippen LogP contribution is -2.09. The number of fused-ring (bicyclic) bond motifs is 1. The molecule has 0 aliphatic heterocycles. The third kappa shape index (κ3) is 4.44. The smallest absolute Gasteiger partial charge is 0.336 e. The van der Waals surface area contributed by atoms with Crippen LogP contribution < -0.4 is 5.32 Å². The predicted octanol–water partition coefficient (Wildman–Crippen LogP) is 6.13. The molecular weight excluding hydrogens is 467 g/mol. The quantitative estimate of drug-likeness (QED) is 0.360. The van der Waals surface area contributed by atoms with Crippen molar-refractivity contribution >= 4 is 29.6 Å². The third-order valence-corrected chi connectivity index (χ3v) is 4.31. The highest BCUT2D eigenvalue weighted by Crippen LogP contribution is 2.36. The molecule has 0 saturated heterocycles. The van der Waals surface area contributed by atoms with Gasteiger partial charge in [0.15, 0.2) is 11.5 Å². The molecule has 0 fully saturated rings. The zero-order valence-corrected chi connectivity index (χ0v) is 16.4. The van der Waals surface area contributed by atoms with Gasteiger partial charge in [-0.25, -0.2) is 9.37 Å². The van der Waals surface area contributed by atoms with Crippen molar-refractivity contribution in [2.45, 2.75) is 12.4 Å². The molecule has 0 atom stereocenters. The predicted molar refractivity (Wildman–Crippen MR) is 103 cm³/mol. The molecule has 0 saturated carbocycles. The Balaban J connectivity index is 0.00000289. The lowest BCUT2D eigenvalue weighted by atomic mass is 10.1. The first kappa shape index (κ1) is 23.3.